The van der Waals surface area contributed by atoms with Gasteiger partial charge in [0.1, 0.15) is 0 Å². The maximum Gasteiger partial charge on any atom is 0.339 e. The van der Waals surface area contributed by atoms with Crippen LogP contribution >= 0.6 is 23.1 Å². The number of fused-ring (bicyclic) bond motifs is 1. The topological polar surface area (TPSA) is 72.5 Å². The molecular weight excluding hydrogens is 418 g/mol. The summed E-state index contributed by atoms with van der Waals surface area (Å²) in [5, 5.41) is 3.86. The molecule has 0 saturated heterocycles. The number of esters is 1. The van der Waals surface area contributed by atoms with Gasteiger partial charge in [0.15, 0.2) is 6.61 Å². The van der Waals surface area contributed by atoms with Crippen LogP contribution in [0.5, 0.6) is 0 Å². The van der Waals surface area contributed by atoms with Crippen molar-refractivity contribution in [3.8, 4) is 0 Å². The third-order valence-corrected chi connectivity index (χ3v) is 6.73. The lowest BCUT2D eigenvalue weighted by Gasteiger charge is -2.10. The van der Waals surface area contributed by atoms with Gasteiger partial charge in [0.05, 0.1) is 16.2 Å². The molecule has 7 heteroatoms. The third-order valence-electron chi connectivity index (χ3n) is 4.35. The summed E-state index contributed by atoms with van der Waals surface area (Å²) in [6, 6.07) is 14.8. The zero-order valence-electron chi connectivity index (χ0n) is 17.1. The fourth-order valence-electron chi connectivity index (χ4n) is 2.98. The second kappa shape index (κ2) is 9.91. The number of rotatable bonds is 8. The highest BCUT2D eigenvalue weighted by Crippen LogP contribution is 2.31. The number of ketones is 1. The first-order chi connectivity index (χ1) is 14.4. The number of hydrogen-bond acceptors (Lipinski definition) is 6. The second-order valence-corrected chi connectivity index (χ2v) is 9.13. The molecule has 0 aliphatic carbocycles. The number of benzene rings is 2. The van der Waals surface area contributed by atoms with E-state index in [1.807, 2.05) is 45.0 Å². The van der Waals surface area contributed by atoms with Gasteiger partial charge >= 0.3 is 5.97 Å². The van der Waals surface area contributed by atoms with Crippen molar-refractivity contribution in [1.82, 2.24) is 5.32 Å². The zero-order valence-corrected chi connectivity index (χ0v) is 18.7. The molecule has 3 aromatic rings. The number of thiophene rings is 1. The SMILES string of the molecule is Cc1c(C(=O)COC(=O)c2ccccc2SCC(=O)NC(C)C)sc2ccccc12. The molecule has 0 radical (unpaired) electrons. The van der Waals surface area contributed by atoms with Gasteiger partial charge in [-0.1, -0.05) is 30.3 Å². The van der Waals surface area contributed by atoms with E-state index in [1.54, 1.807) is 24.3 Å². The van der Waals surface area contributed by atoms with E-state index in [0.29, 0.717) is 15.3 Å². The first-order valence-corrected chi connectivity index (χ1v) is 11.4. The third kappa shape index (κ3) is 5.29. The molecule has 1 N–H and O–H groups in total. The molecular formula is C23H23NO4S2. The van der Waals surface area contributed by atoms with Crippen molar-refractivity contribution in [2.75, 3.05) is 12.4 Å². The Morgan fingerprint density at radius 3 is 2.50 bits per heavy atom. The van der Waals surface area contributed by atoms with Crippen LogP contribution in [-0.2, 0) is 9.53 Å². The van der Waals surface area contributed by atoms with Gasteiger partial charge in [-0.05, 0) is 49.9 Å². The molecule has 0 spiro atoms. The summed E-state index contributed by atoms with van der Waals surface area (Å²) in [6.07, 6.45) is 0. The highest BCUT2D eigenvalue weighted by Gasteiger charge is 2.19. The number of carbonyl (C=O) groups is 3. The minimum atomic E-state index is -0.575. The van der Waals surface area contributed by atoms with Crippen LogP contribution in [0.4, 0.5) is 0 Å². The van der Waals surface area contributed by atoms with Crippen molar-refractivity contribution in [2.24, 2.45) is 0 Å². The highest BCUT2D eigenvalue weighted by atomic mass is 32.2. The Morgan fingerprint density at radius 1 is 1.07 bits per heavy atom. The summed E-state index contributed by atoms with van der Waals surface area (Å²) in [4.78, 5) is 38.4. The maximum atomic E-state index is 12.6. The molecule has 0 aliphatic heterocycles. The molecule has 3 rings (SSSR count). The highest BCUT2D eigenvalue weighted by molar-refractivity contribution is 8.00. The van der Waals surface area contributed by atoms with Crippen LogP contribution in [-0.4, -0.2) is 36.1 Å². The van der Waals surface area contributed by atoms with E-state index < -0.39 is 5.97 Å². The Balaban J connectivity index is 1.65. The molecule has 0 atom stereocenters. The van der Waals surface area contributed by atoms with Gasteiger partial charge in [0, 0.05) is 15.6 Å². The van der Waals surface area contributed by atoms with Crippen LogP contribution in [0.2, 0.25) is 0 Å². The van der Waals surface area contributed by atoms with Crippen LogP contribution in [0, 0.1) is 6.92 Å². The monoisotopic (exact) mass is 441 g/mol. The van der Waals surface area contributed by atoms with E-state index in [4.69, 9.17) is 4.74 Å². The van der Waals surface area contributed by atoms with Gasteiger partial charge in [-0.25, -0.2) is 4.79 Å². The number of thioether (sulfide) groups is 1. The first-order valence-electron chi connectivity index (χ1n) is 9.56. The van der Waals surface area contributed by atoms with Crippen LogP contribution in [0.25, 0.3) is 10.1 Å². The zero-order chi connectivity index (χ0) is 21.7. The molecule has 0 bridgehead atoms. The summed E-state index contributed by atoms with van der Waals surface area (Å²) in [6.45, 7) is 5.37. The Labute approximate surface area is 183 Å². The molecule has 1 amide bonds. The number of ether oxygens (including phenoxy) is 1. The number of aryl methyl sites for hydroxylation is 1. The van der Waals surface area contributed by atoms with Crippen molar-refractivity contribution in [2.45, 2.75) is 31.7 Å². The Morgan fingerprint density at radius 2 is 1.77 bits per heavy atom. The predicted octanol–water partition coefficient (Wildman–Crippen LogP) is 4.87. The number of Topliss-reactive ketones (excluding diaryl/α,β-unsaturated/α-hetero) is 1. The Kier molecular flexibility index (Phi) is 7.29. The van der Waals surface area contributed by atoms with E-state index in [1.165, 1.54) is 23.1 Å². The quantitative estimate of drug-likeness (QED) is 0.307. The van der Waals surface area contributed by atoms with E-state index in [-0.39, 0.29) is 30.1 Å². The van der Waals surface area contributed by atoms with Crippen molar-refractivity contribution in [3.05, 3.63) is 64.5 Å². The molecule has 30 heavy (non-hydrogen) atoms. The van der Waals surface area contributed by atoms with Crippen LogP contribution in [0.1, 0.15) is 39.4 Å². The first kappa shape index (κ1) is 22.1. The van der Waals surface area contributed by atoms with Gasteiger partial charge in [0.2, 0.25) is 11.7 Å². The van der Waals surface area contributed by atoms with Crippen LogP contribution < -0.4 is 5.32 Å². The van der Waals surface area contributed by atoms with Crippen molar-refractivity contribution < 1.29 is 19.1 Å². The van der Waals surface area contributed by atoms with Gasteiger partial charge in [-0.15, -0.1) is 23.1 Å². The Hall–Kier alpha value is -2.64. The molecule has 1 aromatic heterocycles. The molecule has 0 fully saturated rings. The minimum absolute atomic E-state index is 0.0571. The molecule has 1 heterocycles. The Bertz CT molecular complexity index is 1090. The summed E-state index contributed by atoms with van der Waals surface area (Å²) < 4.78 is 6.35. The van der Waals surface area contributed by atoms with E-state index in [9.17, 15) is 14.4 Å². The average molecular weight is 442 g/mol. The molecule has 2 aromatic carbocycles. The fraction of sp³-hybridized carbons (Fsp3) is 0.261. The second-order valence-electron chi connectivity index (χ2n) is 7.06. The molecule has 0 saturated carbocycles. The van der Waals surface area contributed by atoms with E-state index in [2.05, 4.69) is 5.32 Å². The lowest BCUT2D eigenvalue weighted by Crippen LogP contribution is -2.31. The number of nitrogens with one attached hydrogen (secondary N) is 1. The summed E-state index contributed by atoms with van der Waals surface area (Å²) >= 11 is 2.68. The number of hydrogen-bond donors (Lipinski definition) is 1. The minimum Gasteiger partial charge on any atom is -0.454 e. The molecule has 156 valence electrons. The standard InChI is InChI=1S/C23H23NO4S2/c1-14(2)24-21(26)13-29-19-10-6-5-9-17(19)23(27)28-12-18(25)22-15(3)16-8-4-7-11-20(16)30-22/h4-11,14H,12-13H2,1-3H3,(H,24,26). The maximum absolute atomic E-state index is 12.6. The summed E-state index contributed by atoms with van der Waals surface area (Å²) in [5.41, 5.74) is 1.25. The average Bonchev–Trinajstić information content (AvgIpc) is 3.07. The lowest BCUT2D eigenvalue weighted by atomic mass is 10.1. The lowest BCUT2D eigenvalue weighted by molar-refractivity contribution is -0.119. The largest absolute Gasteiger partial charge is 0.454 e. The molecule has 0 aliphatic rings. The van der Waals surface area contributed by atoms with Crippen molar-refractivity contribution in [1.29, 1.82) is 0 Å². The smallest absolute Gasteiger partial charge is 0.339 e. The van der Waals surface area contributed by atoms with E-state index in [0.717, 1.165) is 15.6 Å². The predicted molar refractivity (Wildman–Crippen MR) is 122 cm³/mol. The number of amides is 1. The normalized spacial score (nSPS) is 10.9. The van der Waals surface area contributed by atoms with Crippen LogP contribution in [0.3, 0.4) is 0 Å². The molecule has 5 nitrogen and oxygen atoms in total. The van der Waals surface area contributed by atoms with Gasteiger partial charge in [-0.2, -0.15) is 0 Å². The van der Waals surface area contributed by atoms with Gasteiger partial charge < -0.3 is 10.1 Å². The summed E-state index contributed by atoms with van der Waals surface area (Å²) in [7, 11) is 0. The summed E-state index contributed by atoms with van der Waals surface area (Å²) in [5.74, 6) is -0.700. The number of carbonyl (C=O) groups excluding carboxylic acids is 3. The van der Waals surface area contributed by atoms with E-state index >= 15 is 0 Å². The van der Waals surface area contributed by atoms with Crippen LogP contribution in [0.15, 0.2) is 53.4 Å². The van der Waals surface area contributed by atoms with Crippen molar-refractivity contribution in [3.63, 3.8) is 0 Å². The molecule has 0 unspecified atom stereocenters. The van der Waals surface area contributed by atoms with Gasteiger partial charge in [-0.3, -0.25) is 9.59 Å². The van der Waals surface area contributed by atoms with Crippen molar-refractivity contribution >= 4 is 50.8 Å². The fourth-order valence-corrected chi connectivity index (χ4v) is 4.97. The van der Waals surface area contributed by atoms with Gasteiger partial charge in [0.25, 0.3) is 0 Å².